The number of aromatic nitrogens is 2. The van der Waals surface area contributed by atoms with Crippen LogP contribution in [0.2, 0.25) is 0 Å². The van der Waals surface area contributed by atoms with Gasteiger partial charge in [-0.1, -0.05) is 12.1 Å². The number of ether oxygens (including phenoxy) is 2. The average Bonchev–Trinajstić information content (AvgIpc) is 3.06. The van der Waals surface area contributed by atoms with Gasteiger partial charge in [0.2, 0.25) is 0 Å². The van der Waals surface area contributed by atoms with Crippen molar-refractivity contribution in [2.45, 2.75) is 64.4 Å². The van der Waals surface area contributed by atoms with Crippen molar-refractivity contribution in [3.05, 3.63) is 41.3 Å². The summed E-state index contributed by atoms with van der Waals surface area (Å²) in [5, 5.41) is 0.564. The van der Waals surface area contributed by atoms with Crippen molar-refractivity contribution < 1.29 is 26.9 Å². The van der Waals surface area contributed by atoms with E-state index in [0.717, 1.165) is 0 Å². The lowest BCUT2D eigenvalue weighted by atomic mass is 10.1. The number of imidazole rings is 1. The maximum Gasteiger partial charge on any atom is 0.387 e. The minimum Gasteiger partial charge on any atom is -0.451 e. The SMILES string of the molecule is CC(C)N(C)C(C)C.CSc1nc(C(OC=O)c2cccc(OC(F)F)c2)n(SF)c1C. The summed E-state index contributed by atoms with van der Waals surface area (Å²) >= 11 is 1.22. The van der Waals surface area contributed by atoms with Gasteiger partial charge in [0.25, 0.3) is 6.47 Å². The van der Waals surface area contributed by atoms with Crippen molar-refractivity contribution in [3.63, 3.8) is 0 Å². The number of carbonyl (C=O) groups excluding carboxylic acids is 1. The molecule has 0 N–H and O–H groups in total. The maximum atomic E-state index is 13.3. The Morgan fingerprint density at radius 2 is 1.81 bits per heavy atom. The summed E-state index contributed by atoms with van der Waals surface area (Å²) in [6, 6.07) is 6.98. The fourth-order valence-electron chi connectivity index (χ4n) is 2.73. The Kier molecular flexibility index (Phi) is 12.0. The van der Waals surface area contributed by atoms with Crippen LogP contribution in [0.25, 0.3) is 0 Å². The highest BCUT2D eigenvalue weighted by atomic mass is 32.2. The van der Waals surface area contributed by atoms with Crippen molar-refractivity contribution in [2.75, 3.05) is 13.3 Å². The van der Waals surface area contributed by atoms with Crippen LogP contribution in [-0.2, 0) is 9.53 Å². The second-order valence-electron chi connectivity index (χ2n) is 7.34. The molecular formula is C21H30F3N3O3S2. The van der Waals surface area contributed by atoms with Crippen LogP contribution in [0, 0.1) is 6.92 Å². The molecule has 180 valence electrons. The van der Waals surface area contributed by atoms with Gasteiger partial charge in [-0.3, -0.25) is 4.79 Å². The van der Waals surface area contributed by atoms with Crippen molar-refractivity contribution in [3.8, 4) is 5.75 Å². The molecule has 1 aromatic heterocycles. The molecule has 0 amide bonds. The molecule has 11 heteroatoms. The first kappa shape index (κ1) is 28.2. The van der Waals surface area contributed by atoms with Gasteiger partial charge in [-0.05, 0) is 60.1 Å². The summed E-state index contributed by atoms with van der Waals surface area (Å²) in [7, 11) is 2.15. The third-order valence-corrected chi connectivity index (χ3v) is 6.11. The Labute approximate surface area is 196 Å². The average molecular weight is 494 g/mol. The molecule has 0 aliphatic heterocycles. The number of hydrogen-bond acceptors (Lipinski definition) is 7. The summed E-state index contributed by atoms with van der Waals surface area (Å²) < 4.78 is 48.6. The molecule has 1 heterocycles. The number of nitrogens with zero attached hydrogens (tertiary/aromatic N) is 3. The molecule has 6 nitrogen and oxygen atoms in total. The molecule has 1 aromatic carbocycles. The molecule has 0 radical (unpaired) electrons. The van der Waals surface area contributed by atoms with E-state index in [1.54, 1.807) is 19.2 Å². The van der Waals surface area contributed by atoms with Gasteiger partial charge >= 0.3 is 6.61 Å². The van der Waals surface area contributed by atoms with Crippen LogP contribution in [0.3, 0.4) is 0 Å². The van der Waals surface area contributed by atoms with E-state index in [1.807, 2.05) is 0 Å². The number of carbonyl (C=O) groups is 1. The highest BCUT2D eigenvalue weighted by Gasteiger charge is 2.26. The molecule has 1 atom stereocenters. The van der Waals surface area contributed by atoms with Crippen molar-refractivity contribution >= 4 is 30.6 Å². The standard InChI is InChI=1S/C14H13F3N2O3S2.C7H17N/c1-8-13(23-2)18-12(19(8)24-17)11(21-7-20)9-4-3-5-10(6-9)22-14(15)16;1-6(2)8(5)7(3)4/h3-7,11,14H,1-2H3;6-7H,1-5H3. The second kappa shape index (κ2) is 13.6. The van der Waals surface area contributed by atoms with Crippen LogP contribution in [-0.4, -0.2) is 52.3 Å². The van der Waals surface area contributed by atoms with Crippen LogP contribution in [0.5, 0.6) is 5.75 Å². The largest absolute Gasteiger partial charge is 0.451 e. The van der Waals surface area contributed by atoms with Gasteiger partial charge in [-0.2, -0.15) is 8.78 Å². The first-order valence-electron chi connectivity index (χ1n) is 9.85. The molecule has 0 spiro atoms. The zero-order valence-electron chi connectivity index (χ0n) is 19.2. The van der Waals surface area contributed by atoms with Crippen molar-refractivity contribution in [1.82, 2.24) is 13.9 Å². The van der Waals surface area contributed by atoms with Crippen LogP contribution < -0.4 is 4.74 Å². The van der Waals surface area contributed by atoms with E-state index < -0.39 is 12.7 Å². The van der Waals surface area contributed by atoms with Gasteiger partial charge < -0.3 is 14.4 Å². The fraction of sp³-hybridized carbons (Fsp3) is 0.524. The van der Waals surface area contributed by atoms with E-state index in [0.29, 0.717) is 28.4 Å². The third kappa shape index (κ3) is 7.93. The van der Waals surface area contributed by atoms with Gasteiger partial charge in [-0.15, -0.1) is 15.6 Å². The molecule has 32 heavy (non-hydrogen) atoms. The number of rotatable bonds is 10. The third-order valence-electron chi connectivity index (χ3n) is 4.74. The molecule has 0 saturated heterocycles. The van der Waals surface area contributed by atoms with Crippen LogP contribution in [0.1, 0.15) is 50.9 Å². The number of alkyl halides is 2. The Bertz CT molecular complexity index is 843. The molecular weight excluding hydrogens is 463 g/mol. The number of thioether (sulfide) groups is 1. The van der Waals surface area contributed by atoms with Gasteiger partial charge in [0.15, 0.2) is 24.3 Å². The van der Waals surface area contributed by atoms with Gasteiger partial charge in [-0.25, -0.2) is 8.96 Å². The monoisotopic (exact) mass is 493 g/mol. The van der Waals surface area contributed by atoms with E-state index in [1.165, 1.54) is 33.9 Å². The van der Waals surface area contributed by atoms with Crippen LogP contribution in [0.15, 0.2) is 29.3 Å². The zero-order chi connectivity index (χ0) is 24.4. The Morgan fingerprint density at radius 3 is 2.25 bits per heavy atom. The van der Waals surface area contributed by atoms with E-state index in [4.69, 9.17) is 4.74 Å². The summed E-state index contributed by atoms with van der Waals surface area (Å²) in [4.78, 5) is 17.5. The molecule has 0 bridgehead atoms. The van der Waals surface area contributed by atoms with Gasteiger partial charge in [0.05, 0.1) is 5.69 Å². The summed E-state index contributed by atoms with van der Waals surface area (Å²) in [6.45, 7) is 7.71. The zero-order valence-corrected chi connectivity index (χ0v) is 20.8. The summed E-state index contributed by atoms with van der Waals surface area (Å²) in [5.74, 6) is 0.0282. The predicted molar refractivity (Wildman–Crippen MR) is 123 cm³/mol. The predicted octanol–water partition coefficient (Wildman–Crippen LogP) is 5.89. The minimum absolute atomic E-state index is 0.0844. The number of hydrogen-bond donors (Lipinski definition) is 0. The lowest BCUT2D eigenvalue weighted by Gasteiger charge is -2.24. The first-order valence-corrected chi connectivity index (χ1v) is 11.7. The fourth-order valence-corrected chi connectivity index (χ4v) is 3.76. The molecule has 0 fully saturated rings. The Morgan fingerprint density at radius 1 is 1.19 bits per heavy atom. The second-order valence-corrected chi connectivity index (χ2v) is 8.64. The lowest BCUT2D eigenvalue weighted by molar-refractivity contribution is -0.132. The lowest BCUT2D eigenvalue weighted by Crippen LogP contribution is -2.32. The molecule has 2 aromatic rings. The van der Waals surface area contributed by atoms with E-state index in [9.17, 15) is 17.5 Å². The Balaban J connectivity index is 0.000000547. The highest BCUT2D eigenvalue weighted by molar-refractivity contribution is 7.98. The molecule has 0 saturated carbocycles. The van der Waals surface area contributed by atoms with E-state index in [2.05, 4.69) is 49.4 Å². The summed E-state index contributed by atoms with van der Waals surface area (Å²) in [6.07, 6.45) is 0.713. The molecule has 0 aliphatic rings. The topological polar surface area (TPSA) is 56.6 Å². The normalized spacial score (nSPS) is 12.2. The van der Waals surface area contributed by atoms with Crippen LogP contribution >= 0.6 is 24.1 Å². The smallest absolute Gasteiger partial charge is 0.387 e. The maximum absolute atomic E-state index is 13.3. The van der Waals surface area contributed by atoms with E-state index >= 15 is 0 Å². The first-order chi connectivity index (χ1) is 15.1. The summed E-state index contributed by atoms with van der Waals surface area (Å²) in [5.41, 5.74) is 0.873. The van der Waals surface area contributed by atoms with Crippen LogP contribution in [0.4, 0.5) is 12.7 Å². The molecule has 0 aliphatic carbocycles. The molecule has 1 unspecified atom stereocenters. The quantitative estimate of drug-likeness (QED) is 0.302. The van der Waals surface area contributed by atoms with Gasteiger partial charge in [0.1, 0.15) is 10.8 Å². The minimum atomic E-state index is -2.99. The highest BCUT2D eigenvalue weighted by Crippen LogP contribution is 2.34. The number of halogens is 3. The van der Waals surface area contributed by atoms with Crippen molar-refractivity contribution in [2.24, 2.45) is 0 Å². The molecule has 2 rings (SSSR count). The number of benzene rings is 1. The van der Waals surface area contributed by atoms with Gasteiger partial charge in [0, 0.05) is 17.6 Å². The van der Waals surface area contributed by atoms with Crippen molar-refractivity contribution in [1.29, 1.82) is 0 Å². The van der Waals surface area contributed by atoms with E-state index in [-0.39, 0.29) is 30.4 Å². The Hall–Kier alpha value is -1.85.